The molecule has 2 aromatic carbocycles. The summed E-state index contributed by atoms with van der Waals surface area (Å²) >= 11 is 0. The zero-order valence-electron chi connectivity index (χ0n) is 23.6. The Bertz CT molecular complexity index is 1330. The third kappa shape index (κ3) is 4.53. The van der Waals surface area contributed by atoms with Gasteiger partial charge in [-0.2, -0.15) is 0 Å². The van der Waals surface area contributed by atoms with Gasteiger partial charge >= 0.3 is 0 Å². The van der Waals surface area contributed by atoms with Crippen LogP contribution in [0.5, 0.6) is 5.75 Å². The lowest BCUT2D eigenvalue weighted by molar-refractivity contribution is -0.145. The van der Waals surface area contributed by atoms with Crippen LogP contribution in [0.25, 0.3) is 0 Å². The summed E-state index contributed by atoms with van der Waals surface area (Å²) in [4.78, 5) is 47.6. The number of aliphatic hydroxyl groups excluding tert-OH is 1. The number of nitrogens with zero attached hydrogens (tertiary/aromatic N) is 3. The average Bonchev–Trinajstić information content (AvgIpc) is 3.55. The van der Waals surface area contributed by atoms with E-state index < -0.39 is 29.1 Å². The van der Waals surface area contributed by atoms with Gasteiger partial charge in [0, 0.05) is 31.0 Å². The number of carbonyl (C=O) groups excluding carboxylic acids is 3. The van der Waals surface area contributed by atoms with Crippen molar-refractivity contribution in [3.8, 4) is 5.75 Å². The molecule has 0 saturated carbocycles. The Morgan fingerprint density at radius 2 is 1.63 bits per heavy atom. The van der Waals surface area contributed by atoms with E-state index in [1.54, 1.807) is 53.3 Å². The number of benzene rings is 2. The fourth-order valence-corrected chi connectivity index (χ4v) is 7.02. The summed E-state index contributed by atoms with van der Waals surface area (Å²) in [5.74, 6) is -1.97. The van der Waals surface area contributed by atoms with Crippen molar-refractivity contribution in [1.82, 2.24) is 4.90 Å². The Kier molecular flexibility index (Phi) is 7.76. The zero-order chi connectivity index (χ0) is 29.4. The highest BCUT2D eigenvalue weighted by Crippen LogP contribution is 2.63. The molecule has 3 saturated heterocycles. The fraction of sp³-hybridized carbons (Fsp3) is 0.406. The van der Waals surface area contributed by atoms with E-state index in [-0.39, 0.29) is 44.0 Å². The van der Waals surface area contributed by atoms with E-state index in [1.807, 2.05) is 37.3 Å². The molecule has 9 nitrogen and oxygen atoms in total. The van der Waals surface area contributed by atoms with Crippen molar-refractivity contribution in [2.45, 2.75) is 37.0 Å². The van der Waals surface area contributed by atoms with Gasteiger partial charge in [-0.25, -0.2) is 0 Å². The van der Waals surface area contributed by atoms with Crippen molar-refractivity contribution >= 4 is 29.1 Å². The minimum Gasteiger partial charge on any atom is -0.497 e. The van der Waals surface area contributed by atoms with Gasteiger partial charge < -0.3 is 29.3 Å². The molecule has 0 aliphatic carbocycles. The number of hydrogen-bond acceptors (Lipinski definition) is 6. The molecule has 1 N–H and O–H groups in total. The number of anilines is 2. The van der Waals surface area contributed by atoms with Gasteiger partial charge in [-0.05, 0) is 56.2 Å². The number of β-amino-alcohol motifs (C(OH)–C–C–N with tert-alkyl or cyclic N) is 1. The number of ether oxygens (including phenoxy) is 2. The standard InChI is InChI=1S/C32H37N3O6/c1-5-18-33(22-10-8-7-9-11-22)28(37)25-26-29(38)35(20-21-36)27(32(26)17-16-31(25,3)41-32)30(39)34(19-6-2)23-12-14-24(40-4)15-13-23/h5-15,25-27,36H,1-2,16-21H2,3-4H3/t25-,26-,27?,31+,32?/m0/s1. The molecule has 41 heavy (non-hydrogen) atoms. The average molecular weight is 560 g/mol. The van der Waals surface area contributed by atoms with Gasteiger partial charge in [-0.15, -0.1) is 13.2 Å². The van der Waals surface area contributed by atoms with Crippen molar-refractivity contribution in [3.63, 3.8) is 0 Å². The van der Waals surface area contributed by atoms with Crippen LogP contribution in [-0.2, 0) is 19.1 Å². The lowest BCUT2D eigenvalue weighted by Crippen LogP contribution is -2.57. The molecule has 3 aliphatic rings. The number of aliphatic hydroxyl groups is 1. The van der Waals surface area contributed by atoms with Crippen molar-refractivity contribution < 1.29 is 29.0 Å². The van der Waals surface area contributed by atoms with Crippen LogP contribution in [0.3, 0.4) is 0 Å². The predicted molar refractivity (Wildman–Crippen MR) is 156 cm³/mol. The SMILES string of the molecule is C=CCN(C(=O)C1N(CCO)C(=O)[C@@H]2[C@@H](C(=O)N(CC=C)c3ccccc3)[C@@]3(C)CCC12O3)c1ccc(OC)cc1. The van der Waals surface area contributed by atoms with E-state index in [1.165, 1.54) is 4.90 Å². The maximum absolute atomic E-state index is 14.5. The second kappa shape index (κ2) is 11.1. The molecule has 3 aliphatic heterocycles. The summed E-state index contributed by atoms with van der Waals surface area (Å²) in [6, 6.07) is 15.3. The van der Waals surface area contributed by atoms with E-state index in [9.17, 15) is 19.5 Å². The quantitative estimate of drug-likeness (QED) is 0.425. The van der Waals surface area contributed by atoms with E-state index in [4.69, 9.17) is 9.47 Å². The highest BCUT2D eigenvalue weighted by Gasteiger charge is 2.78. The molecule has 5 rings (SSSR count). The molecule has 3 fully saturated rings. The molecular weight excluding hydrogens is 522 g/mol. The number of likely N-dealkylation sites (tertiary alicyclic amines) is 1. The van der Waals surface area contributed by atoms with Gasteiger partial charge in [0.1, 0.15) is 17.4 Å². The Hall–Kier alpha value is -3.95. The first-order chi connectivity index (χ1) is 19.8. The summed E-state index contributed by atoms with van der Waals surface area (Å²) in [7, 11) is 1.57. The lowest BCUT2D eigenvalue weighted by atomic mass is 9.66. The van der Waals surface area contributed by atoms with Crippen LogP contribution in [0, 0.1) is 11.8 Å². The minimum absolute atomic E-state index is 0.0475. The molecule has 3 heterocycles. The van der Waals surface area contributed by atoms with Gasteiger partial charge in [0.15, 0.2) is 0 Å². The van der Waals surface area contributed by atoms with Crippen molar-refractivity contribution in [3.05, 3.63) is 79.9 Å². The number of methoxy groups -OCH3 is 1. The summed E-state index contributed by atoms with van der Waals surface area (Å²) in [5, 5.41) is 9.95. The van der Waals surface area contributed by atoms with Crippen LogP contribution >= 0.6 is 0 Å². The van der Waals surface area contributed by atoms with Crippen LogP contribution in [0.4, 0.5) is 11.4 Å². The second-order valence-corrected chi connectivity index (χ2v) is 11.0. The summed E-state index contributed by atoms with van der Waals surface area (Å²) in [6.07, 6.45) is 4.24. The first kappa shape index (κ1) is 28.6. The smallest absolute Gasteiger partial charge is 0.253 e. The third-order valence-electron chi connectivity index (χ3n) is 8.72. The maximum atomic E-state index is 14.5. The van der Waals surface area contributed by atoms with Crippen LogP contribution in [0.2, 0.25) is 0 Å². The van der Waals surface area contributed by atoms with Crippen LogP contribution in [0.15, 0.2) is 79.9 Å². The van der Waals surface area contributed by atoms with Gasteiger partial charge in [0.2, 0.25) is 11.8 Å². The molecule has 3 amide bonds. The summed E-state index contributed by atoms with van der Waals surface area (Å²) in [6.45, 7) is 9.62. The molecule has 0 radical (unpaired) electrons. The Balaban J connectivity index is 1.57. The van der Waals surface area contributed by atoms with E-state index in [0.29, 0.717) is 30.0 Å². The summed E-state index contributed by atoms with van der Waals surface area (Å²) < 4.78 is 12.0. The van der Waals surface area contributed by atoms with Gasteiger partial charge in [-0.1, -0.05) is 30.4 Å². The highest BCUT2D eigenvalue weighted by molar-refractivity contribution is 6.06. The number of para-hydroxylation sites is 1. The van der Waals surface area contributed by atoms with Gasteiger partial charge in [-0.3, -0.25) is 14.4 Å². The largest absolute Gasteiger partial charge is 0.497 e. The number of hydrogen-bond donors (Lipinski definition) is 1. The monoisotopic (exact) mass is 559 g/mol. The van der Waals surface area contributed by atoms with Gasteiger partial charge in [0.25, 0.3) is 5.91 Å². The topological polar surface area (TPSA) is 99.6 Å². The maximum Gasteiger partial charge on any atom is 0.253 e. The fourth-order valence-electron chi connectivity index (χ4n) is 7.02. The number of rotatable bonds is 11. The molecular formula is C32H37N3O6. The highest BCUT2D eigenvalue weighted by atomic mass is 16.5. The zero-order valence-corrected chi connectivity index (χ0v) is 23.6. The van der Waals surface area contributed by atoms with Crippen molar-refractivity contribution in [2.75, 3.05) is 43.2 Å². The normalized spacial score (nSPS) is 27.8. The van der Waals surface area contributed by atoms with Crippen LogP contribution in [0.1, 0.15) is 19.8 Å². The number of carbonyl (C=O) groups is 3. The molecule has 5 atom stereocenters. The Labute approximate surface area is 240 Å². The first-order valence-electron chi connectivity index (χ1n) is 13.9. The Morgan fingerprint density at radius 1 is 1.02 bits per heavy atom. The van der Waals surface area contributed by atoms with E-state index >= 15 is 0 Å². The molecule has 9 heteroatoms. The predicted octanol–water partition coefficient (Wildman–Crippen LogP) is 3.19. The molecule has 2 aromatic rings. The molecule has 2 bridgehead atoms. The molecule has 216 valence electrons. The Morgan fingerprint density at radius 3 is 2.22 bits per heavy atom. The third-order valence-corrected chi connectivity index (χ3v) is 8.72. The summed E-state index contributed by atoms with van der Waals surface area (Å²) in [5.41, 5.74) is -0.834. The number of fused-ring (bicyclic) bond motifs is 1. The molecule has 0 aromatic heterocycles. The second-order valence-electron chi connectivity index (χ2n) is 11.0. The molecule has 1 spiro atoms. The van der Waals surface area contributed by atoms with E-state index in [2.05, 4.69) is 13.2 Å². The molecule has 2 unspecified atom stereocenters. The van der Waals surface area contributed by atoms with Gasteiger partial charge in [0.05, 0.1) is 31.2 Å². The van der Waals surface area contributed by atoms with E-state index in [0.717, 1.165) is 0 Å². The van der Waals surface area contributed by atoms with Crippen LogP contribution in [-0.4, -0.2) is 78.3 Å². The minimum atomic E-state index is -1.21. The van der Waals surface area contributed by atoms with Crippen molar-refractivity contribution in [2.24, 2.45) is 11.8 Å². The van der Waals surface area contributed by atoms with Crippen LogP contribution < -0.4 is 14.5 Å². The van der Waals surface area contributed by atoms with Crippen molar-refractivity contribution in [1.29, 1.82) is 0 Å². The number of amides is 3. The first-order valence-corrected chi connectivity index (χ1v) is 13.9. The lowest BCUT2D eigenvalue weighted by Gasteiger charge is -2.36.